The molecule has 122 valence electrons. The zero-order chi connectivity index (χ0) is 15.3. The summed E-state index contributed by atoms with van der Waals surface area (Å²) in [6, 6.07) is -0.100. The molecule has 8 nitrogen and oxygen atoms in total. The van der Waals surface area contributed by atoms with Gasteiger partial charge in [0, 0.05) is 52.4 Å². The Balaban J connectivity index is 1.81. The molecule has 0 aromatic rings. The van der Waals surface area contributed by atoms with Crippen LogP contribution in [0.2, 0.25) is 0 Å². The highest BCUT2D eigenvalue weighted by molar-refractivity contribution is 7.87. The molecular weight excluding hydrogens is 296 g/mol. The number of rotatable bonds is 5. The van der Waals surface area contributed by atoms with E-state index in [2.05, 4.69) is 10.0 Å². The predicted molar refractivity (Wildman–Crippen MR) is 78.0 cm³/mol. The summed E-state index contributed by atoms with van der Waals surface area (Å²) in [6.45, 7) is 3.59. The second-order valence-corrected chi connectivity index (χ2v) is 7.06. The summed E-state index contributed by atoms with van der Waals surface area (Å²) in [5.41, 5.74) is 0. The van der Waals surface area contributed by atoms with Crippen LogP contribution >= 0.6 is 0 Å². The van der Waals surface area contributed by atoms with Crippen LogP contribution in [0.4, 0.5) is 0 Å². The van der Waals surface area contributed by atoms with E-state index in [9.17, 15) is 13.2 Å². The molecule has 2 aliphatic rings. The van der Waals surface area contributed by atoms with Crippen LogP contribution in [0, 0.1) is 0 Å². The SMILES string of the molecule is COCC(=O)N1CCC(NS(=O)(=O)N2CCNCC2)CC1. The third-order valence-corrected chi connectivity index (χ3v) is 5.52. The molecule has 9 heteroatoms. The number of nitrogens with one attached hydrogen (secondary N) is 2. The average molecular weight is 320 g/mol. The van der Waals surface area contributed by atoms with Crippen LogP contribution in [0.5, 0.6) is 0 Å². The molecule has 21 heavy (non-hydrogen) atoms. The van der Waals surface area contributed by atoms with E-state index in [1.54, 1.807) is 4.90 Å². The average Bonchev–Trinajstić information content (AvgIpc) is 2.49. The maximum atomic E-state index is 12.3. The van der Waals surface area contributed by atoms with E-state index in [-0.39, 0.29) is 18.6 Å². The Morgan fingerprint density at radius 2 is 1.86 bits per heavy atom. The summed E-state index contributed by atoms with van der Waals surface area (Å²) in [5, 5.41) is 3.13. The summed E-state index contributed by atoms with van der Waals surface area (Å²) in [4.78, 5) is 13.4. The molecule has 0 aromatic carbocycles. The Hall–Kier alpha value is -0.740. The van der Waals surface area contributed by atoms with Gasteiger partial charge in [-0.25, -0.2) is 0 Å². The number of piperazine rings is 1. The number of carbonyl (C=O) groups excluding carboxylic acids is 1. The van der Waals surface area contributed by atoms with Gasteiger partial charge in [0.2, 0.25) is 5.91 Å². The smallest absolute Gasteiger partial charge is 0.279 e. The van der Waals surface area contributed by atoms with E-state index in [1.807, 2.05) is 0 Å². The molecule has 0 spiro atoms. The van der Waals surface area contributed by atoms with E-state index in [0.29, 0.717) is 52.1 Å². The fraction of sp³-hybridized carbons (Fsp3) is 0.917. The molecule has 0 bridgehead atoms. The number of amides is 1. The third-order valence-electron chi connectivity index (χ3n) is 3.85. The van der Waals surface area contributed by atoms with Crippen molar-refractivity contribution in [3.05, 3.63) is 0 Å². The normalized spacial score (nSPS) is 22.4. The largest absolute Gasteiger partial charge is 0.375 e. The molecule has 2 saturated heterocycles. The minimum absolute atomic E-state index is 0.0408. The lowest BCUT2D eigenvalue weighted by atomic mass is 10.1. The van der Waals surface area contributed by atoms with Gasteiger partial charge in [0.25, 0.3) is 10.2 Å². The highest BCUT2D eigenvalue weighted by atomic mass is 32.2. The first kappa shape index (κ1) is 16.6. The van der Waals surface area contributed by atoms with Crippen LogP contribution in [0.15, 0.2) is 0 Å². The van der Waals surface area contributed by atoms with Gasteiger partial charge >= 0.3 is 0 Å². The molecule has 0 aromatic heterocycles. The van der Waals surface area contributed by atoms with E-state index >= 15 is 0 Å². The first-order valence-corrected chi connectivity index (χ1v) is 8.72. The predicted octanol–water partition coefficient (Wildman–Crippen LogP) is -1.64. The highest BCUT2D eigenvalue weighted by Crippen LogP contribution is 2.13. The number of piperidine rings is 1. The van der Waals surface area contributed by atoms with Gasteiger partial charge in [0.05, 0.1) is 0 Å². The molecule has 0 atom stereocenters. The monoisotopic (exact) mass is 320 g/mol. The maximum Gasteiger partial charge on any atom is 0.279 e. The zero-order valence-corrected chi connectivity index (χ0v) is 13.2. The highest BCUT2D eigenvalue weighted by Gasteiger charge is 2.29. The van der Waals surface area contributed by atoms with Gasteiger partial charge in [-0.3, -0.25) is 4.79 Å². The number of nitrogens with zero attached hydrogens (tertiary/aromatic N) is 2. The molecular formula is C12H24N4O4S. The van der Waals surface area contributed by atoms with Gasteiger partial charge in [0.1, 0.15) is 6.61 Å². The number of likely N-dealkylation sites (tertiary alicyclic amines) is 1. The summed E-state index contributed by atoms with van der Waals surface area (Å²) in [5.74, 6) is -0.0408. The minimum atomic E-state index is -3.42. The molecule has 2 fully saturated rings. The number of carbonyl (C=O) groups is 1. The van der Waals surface area contributed by atoms with E-state index in [0.717, 1.165) is 0 Å². The van der Waals surface area contributed by atoms with Crippen LogP contribution in [0.25, 0.3) is 0 Å². The molecule has 2 aliphatic heterocycles. The van der Waals surface area contributed by atoms with Crippen LogP contribution in [-0.2, 0) is 19.7 Å². The van der Waals surface area contributed by atoms with Crippen molar-refractivity contribution in [1.82, 2.24) is 19.2 Å². The van der Waals surface area contributed by atoms with Gasteiger partial charge in [0.15, 0.2) is 0 Å². The Bertz CT molecular complexity index is 442. The first-order chi connectivity index (χ1) is 10.0. The van der Waals surface area contributed by atoms with E-state index in [4.69, 9.17) is 4.74 Å². The van der Waals surface area contributed by atoms with Crippen LogP contribution < -0.4 is 10.0 Å². The van der Waals surface area contributed by atoms with Crippen molar-refractivity contribution in [3.8, 4) is 0 Å². The summed E-state index contributed by atoms with van der Waals surface area (Å²) >= 11 is 0. The molecule has 0 saturated carbocycles. The van der Waals surface area contributed by atoms with E-state index < -0.39 is 10.2 Å². The fourth-order valence-electron chi connectivity index (χ4n) is 2.63. The number of hydrogen-bond donors (Lipinski definition) is 2. The lowest BCUT2D eigenvalue weighted by Crippen LogP contribution is -2.54. The second-order valence-electron chi connectivity index (χ2n) is 5.36. The summed E-state index contributed by atoms with van der Waals surface area (Å²) in [6.07, 6.45) is 1.28. The van der Waals surface area contributed by atoms with Gasteiger partial charge in [-0.05, 0) is 12.8 Å². The van der Waals surface area contributed by atoms with Crippen molar-refractivity contribution in [3.63, 3.8) is 0 Å². The summed E-state index contributed by atoms with van der Waals surface area (Å²) < 4.78 is 33.6. The molecule has 2 rings (SSSR count). The Kier molecular flexibility index (Phi) is 5.94. The van der Waals surface area contributed by atoms with Crippen LogP contribution in [0.3, 0.4) is 0 Å². The van der Waals surface area contributed by atoms with Gasteiger partial charge < -0.3 is 15.0 Å². The van der Waals surface area contributed by atoms with Crippen molar-refractivity contribution in [1.29, 1.82) is 0 Å². The molecule has 0 unspecified atom stereocenters. The van der Waals surface area contributed by atoms with Crippen molar-refractivity contribution in [2.45, 2.75) is 18.9 Å². The van der Waals surface area contributed by atoms with Crippen LogP contribution in [-0.4, -0.2) is 82.6 Å². The minimum Gasteiger partial charge on any atom is -0.375 e. The summed E-state index contributed by atoms with van der Waals surface area (Å²) in [7, 11) is -1.92. The van der Waals surface area contributed by atoms with Gasteiger partial charge in [-0.1, -0.05) is 0 Å². The Morgan fingerprint density at radius 3 is 2.43 bits per heavy atom. The van der Waals surface area contributed by atoms with Gasteiger partial charge in [-0.2, -0.15) is 17.4 Å². The van der Waals surface area contributed by atoms with Crippen molar-refractivity contribution >= 4 is 16.1 Å². The standard InChI is InChI=1S/C12H24N4O4S/c1-20-10-12(17)15-6-2-11(3-7-15)14-21(18,19)16-8-4-13-5-9-16/h11,13-14H,2-10H2,1H3. The molecule has 1 amide bonds. The maximum absolute atomic E-state index is 12.3. The third kappa shape index (κ3) is 4.62. The van der Waals surface area contributed by atoms with Crippen LogP contribution in [0.1, 0.15) is 12.8 Å². The topological polar surface area (TPSA) is 91.0 Å². The fourth-order valence-corrected chi connectivity index (χ4v) is 4.10. The zero-order valence-electron chi connectivity index (χ0n) is 12.4. The molecule has 0 aliphatic carbocycles. The number of ether oxygens (including phenoxy) is 1. The molecule has 2 N–H and O–H groups in total. The van der Waals surface area contributed by atoms with E-state index in [1.165, 1.54) is 11.4 Å². The number of hydrogen-bond acceptors (Lipinski definition) is 5. The molecule has 0 radical (unpaired) electrons. The van der Waals surface area contributed by atoms with Crippen molar-refractivity contribution < 1.29 is 17.9 Å². The number of methoxy groups -OCH3 is 1. The molecule has 2 heterocycles. The second kappa shape index (κ2) is 7.50. The Labute approximate surface area is 126 Å². The van der Waals surface area contributed by atoms with Crippen molar-refractivity contribution in [2.24, 2.45) is 0 Å². The lowest BCUT2D eigenvalue weighted by Gasteiger charge is -2.34. The quantitative estimate of drug-likeness (QED) is 0.634. The first-order valence-electron chi connectivity index (χ1n) is 7.28. The lowest BCUT2D eigenvalue weighted by molar-refractivity contribution is -0.136. The Morgan fingerprint density at radius 1 is 1.24 bits per heavy atom. The van der Waals surface area contributed by atoms with Crippen molar-refractivity contribution in [2.75, 3.05) is 53.0 Å². The van der Waals surface area contributed by atoms with Gasteiger partial charge in [-0.15, -0.1) is 0 Å².